The number of allylic oxidation sites excluding steroid dienone is 3. The largest absolute Gasteiger partial charge is 0.508 e. The summed E-state index contributed by atoms with van der Waals surface area (Å²) in [4.78, 5) is 2.21. The SMILES string of the molecule is COCC(/C=C1\N(C)c2ccccc2C1(C)C)=C(O)\C=C/C1=[N+](C)c2ccccc2C1(C)C. The third kappa shape index (κ3) is 3.72. The second-order valence-electron chi connectivity index (χ2n) is 9.99. The van der Waals surface area contributed by atoms with Crippen molar-refractivity contribution >= 4 is 17.1 Å². The number of benzene rings is 2. The standard InChI is InChI=1S/C29H34N2O2/c1-28(2)21-12-8-10-14-23(21)30(5)26(28)17-16-25(32)20(19-33-7)18-27-29(3,4)22-13-9-11-15-24(22)31(27)6/h8-18H,19H2,1-7H3/p+1. The molecule has 0 amide bonds. The lowest BCUT2D eigenvalue weighted by Crippen LogP contribution is -2.26. The minimum Gasteiger partial charge on any atom is -0.508 e. The number of hydrogen-bond donors (Lipinski definition) is 1. The number of nitrogens with zero attached hydrogens (tertiary/aromatic N) is 2. The van der Waals surface area contributed by atoms with Gasteiger partial charge in [-0.15, -0.1) is 0 Å². The van der Waals surface area contributed by atoms with Crippen LogP contribution in [0.3, 0.4) is 0 Å². The van der Waals surface area contributed by atoms with Gasteiger partial charge in [0.15, 0.2) is 5.71 Å². The van der Waals surface area contributed by atoms with Gasteiger partial charge in [-0.25, -0.2) is 0 Å². The second-order valence-corrected chi connectivity index (χ2v) is 9.99. The van der Waals surface area contributed by atoms with Gasteiger partial charge in [0, 0.05) is 54.2 Å². The lowest BCUT2D eigenvalue weighted by Gasteiger charge is -2.25. The fourth-order valence-corrected chi connectivity index (χ4v) is 5.34. The molecule has 0 aromatic heterocycles. The highest BCUT2D eigenvalue weighted by atomic mass is 16.5. The van der Waals surface area contributed by atoms with Crippen molar-refractivity contribution in [2.75, 3.05) is 32.7 Å². The maximum absolute atomic E-state index is 11.1. The maximum Gasteiger partial charge on any atom is 0.209 e. The molecule has 0 atom stereocenters. The zero-order chi connectivity index (χ0) is 24.0. The van der Waals surface area contributed by atoms with Crippen molar-refractivity contribution in [3.63, 3.8) is 0 Å². The Hall–Kier alpha value is -3.11. The van der Waals surface area contributed by atoms with Crippen LogP contribution in [0.4, 0.5) is 11.4 Å². The smallest absolute Gasteiger partial charge is 0.209 e. The van der Waals surface area contributed by atoms with E-state index in [-0.39, 0.29) is 16.6 Å². The number of aliphatic hydroxyl groups excluding tert-OH is 1. The molecule has 2 aliphatic rings. The van der Waals surface area contributed by atoms with Crippen molar-refractivity contribution in [1.29, 1.82) is 0 Å². The highest BCUT2D eigenvalue weighted by Crippen LogP contribution is 2.47. The summed E-state index contributed by atoms with van der Waals surface area (Å²) in [5.41, 5.74) is 7.71. The van der Waals surface area contributed by atoms with Crippen molar-refractivity contribution in [2.45, 2.75) is 38.5 Å². The van der Waals surface area contributed by atoms with Crippen molar-refractivity contribution in [3.8, 4) is 0 Å². The van der Waals surface area contributed by atoms with Gasteiger partial charge in [-0.2, -0.15) is 4.58 Å². The molecule has 0 unspecified atom stereocenters. The Balaban J connectivity index is 1.73. The van der Waals surface area contributed by atoms with Gasteiger partial charge >= 0.3 is 0 Å². The molecule has 4 heteroatoms. The summed E-state index contributed by atoms with van der Waals surface area (Å²) in [5, 5.41) is 11.1. The summed E-state index contributed by atoms with van der Waals surface area (Å²) < 4.78 is 7.67. The number of para-hydroxylation sites is 2. The van der Waals surface area contributed by atoms with Crippen LogP contribution in [0.2, 0.25) is 0 Å². The topological polar surface area (TPSA) is 35.7 Å². The van der Waals surface area contributed by atoms with Crippen LogP contribution in [-0.2, 0) is 15.6 Å². The molecule has 1 N–H and O–H groups in total. The van der Waals surface area contributed by atoms with E-state index in [1.165, 1.54) is 22.5 Å². The molecule has 0 aliphatic carbocycles. The number of likely N-dealkylation sites (N-methyl/N-ethyl adjacent to an activating group) is 1. The summed E-state index contributed by atoms with van der Waals surface area (Å²) in [6.45, 7) is 9.22. The molecule has 0 bridgehead atoms. The highest BCUT2D eigenvalue weighted by molar-refractivity contribution is 6.03. The third-order valence-electron chi connectivity index (χ3n) is 7.22. The molecular weight excluding hydrogens is 408 g/mol. The van der Waals surface area contributed by atoms with E-state index in [2.05, 4.69) is 106 Å². The Labute approximate surface area is 197 Å². The predicted octanol–water partition coefficient (Wildman–Crippen LogP) is 6.02. The van der Waals surface area contributed by atoms with Gasteiger partial charge < -0.3 is 14.7 Å². The van der Waals surface area contributed by atoms with Crippen molar-refractivity contribution in [2.24, 2.45) is 0 Å². The van der Waals surface area contributed by atoms with Gasteiger partial charge in [-0.05, 0) is 37.6 Å². The summed E-state index contributed by atoms with van der Waals surface area (Å²) in [6, 6.07) is 16.9. The molecule has 0 spiro atoms. The number of rotatable bonds is 5. The number of aliphatic hydroxyl groups is 1. The molecule has 2 aromatic rings. The van der Waals surface area contributed by atoms with E-state index < -0.39 is 0 Å². The second kappa shape index (κ2) is 8.35. The normalized spacial score (nSPS) is 20.5. The van der Waals surface area contributed by atoms with E-state index in [0.29, 0.717) is 6.61 Å². The molecule has 33 heavy (non-hydrogen) atoms. The van der Waals surface area contributed by atoms with Gasteiger partial charge in [-0.3, -0.25) is 0 Å². The fourth-order valence-electron chi connectivity index (χ4n) is 5.34. The monoisotopic (exact) mass is 443 g/mol. The van der Waals surface area contributed by atoms with Gasteiger partial charge in [-0.1, -0.05) is 50.2 Å². The van der Waals surface area contributed by atoms with E-state index in [0.717, 1.165) is 17.0 Å². The summed E-state index contributed by atoms with van der Waals surface area (Å²) in [5.74, 6) is 0.220. The minimum absolute atomic E-state index is 0.142. The van der Waals surface area contributed by atoms with E-state index >= 15 is 0 Å². The Kier molecular flexibility index (Phi) is 5.83. The van der Waals surface area contributed by atoms with Crippen molar-refractivity contribution < 1.29 is 14.4 Å². The van der Waals surface area contributed by atoms with Crippen LogP contribution in [0.15, 0.2) is 83.8 Å². The van der Waals surface area contributed by atoms with Crippen molar-refractivity contribution in [1.82, 2.24) is 0 Å². The number of fused-ring (bicyclic) bond motifs is 2. The molecule has 2 heterocycles. The van der Waals surface area contributed by atoms with E-state index in [4.69, 9.17) is 4.74 Å². The van der Waals surface area contributed by atoms with Crippen LogP contribution in [0.5, 0.6) is 0 Å². The zero-order valence-corrected chi connectivity index (χ0v) is 20.8. The first-order valence-corrected chi connectivity index (χ1v) is 11.5. The number of hydrogen-bond acceptors (Lipinski definition) is 3. The van der Waals surface area contributed by atoms with E-state index in [1.54, 1.807) is 13.2 Å². The zero-order valence-electron chi connectivity index (χ0n) is 20.8. The first-order chi connectivity index (χ1) is 15.6. The van der Waals surface area contributed by atoms with Crippen LogP contribution in [0.1, 0.15) is 38.8 Å². The average Bonchev–Trinajstić information content (AvgIpc) is 3.11. The molecule has 4 rings (SSSR count). The highest BCUT2D eigenvalue weighted by Gasteiger charge is 2.42. The Morgan fingerprint density at radius 1 is 1.00 bits per heavy atom. The fraction of sp³-hybridized carbons (Fsp3) is 0.345. The molecule has 4 nitrogen and oxygen atoms in total. The first-order valence-electron chi connectivity index (χ1n) is 11.5. The van der Waals surface area contributed by atoms with E-state index in [1.807, 2.05) is 6.08 Å². The molecule has 0 radical (unpaired) electrons. The van der Waals surface area contributed by atoms with Gasteiger partial charge in [0.25, 0.3) is 0 Å². The molecule has 0 saturated carbocycles. The summed E-state index contributed by atoms with van der Waals surface area (Å²) in [6.07, 6.45) is 5.91. The van der Waals surface area contributed by atoms with Crippen molar-refractivity contribution in [3.05, 3.63) is 94.9 Å². The maximum atomic E-state index is 11.1. The quantitative estimate of drug-likeness (QED) is 0.349. The Morgan fingerprint density at radius 2 is 1.64 bits per heavy atom. The molecular formula is C29H35N2O2+. The van der Waals surface area contributed by atoms with Gasteiger partial charge in [0.05, 0.1) is 12.0 Å². The van der Waals surface area contributed by atoms with Crippen LogP contribution in [0, 0.1) is 0 Å². The summed E-state index contributed by atoms with van der Waals surface area (Å²) in [7, 11) is 5.83. The summed E-state index contributed by atoms with van der Waals surface area (Å²) >= 11 is 0. The first kappa shape index (κ1) is 23.1. The Morgan fingerprint density at radius 3 is 2.27 bits per heavy atom. The van der Waals surface area contributed by atoms with E-state index in [9.17, 15) is 5.11 Å². The molecule has 2 aromatic carbocycles. The van der Waals surface area contributed by atoms with Crippen LogP contribution >= 0.6 is 0 Å². The molecule has 0 saturated heterocycles. The minimum atomic E-state index is -0.168. The Bertz CT molecular complexity index is 1210. The molecule has 0 fully saturated rings. The number of anilines is 1. The van der Waals surface area contributed by atoms with Crippen LogP contribution in [-0.4, -0.2) is 43.2 Å². The lowest BCUT2D eigenvalue weighted by atomic mass is 9.81. The van der Waals surface area contributed by atoms with Crippen LogP contribution in [0.25, 0.3) is 0 Å². The molecule has 172 valence electrons. The van der Waals surface area contributed by atoms with Gasteiger partial charge in [0.2, 0.25) is 5.69 Å². The number of ether oxygens (including phenoxy) is 1. The molecule has 2 aliphatic heterocycles. The van der Waals surface area contributed by atoms with Crippen LogP contribution < -0.4 is 4.90 Å². The predicted molar refractivity (Wildman–Crippen MR) is 137 cm³/mol. The third-order valence-corrected chi connectivity index (χ3v) is 7.22. The average molecular weight is 444 g/mol. The lowest BCUT2D eigenvalue weighted by molar-refractivity contribution is -0.401. The van der Waals surface area contributed by atoms with Gasteiger partial charge in [0.1, 0.15) is 12.8 Å². The number of methoxy groups -OCH3 is 1.